The van der Waals surface area contributed by atoms with Crippen molar-refractivity contribution in [2.75, 3.05) is 0 Å². The third-order valence-electron chi connectivity index (χ3n) is 7.34. The molecule has 34 heavy (non-hydrogen) atoms. The number of ether oxygens (including phenoxy) is 2. The van der Waals surface area contributed by atoms with Gasteiger partial charge in [0.15, 0.2) is 0 Å². The zero-order chi connectivity index (χ0) is 24.0. The molecule has 0 saturated carbocycles. The van der Waals surface area contributed by atoms with Crippen LogP contribution in [0.2, 0.25) is 0 Å². The first kappa shape index (κ1) is 21.3. The monoisotopic (exact) mass is 446 g/mol. The molecule has 2 aliphatic heterocycles. The Hall–Kier alpha value is -3.20. The zero-order valence-electron chi connectivity index (χ0n) is 21.2. The van der Waals surface area contributed by atoms with Gasteiger partial charge in [0.1, 0.15) is 23.0 Å². The van der Waals surface area contributed by atoms with Gasteiger partial charge in [0.2, 0.25) is 0 Å². The highest BCUT2D eigenvalue weighted by molar-refractivity contribution is 6.98. The lowest BCUT2D eigenvalue weighted by atomic mass is 9.34. The first-order chi connectivity index (χ1) is 16.0. The molecule has 3 heteroatoms. The fourth-order valence-corrected chi connectivity index (χ4v) is 5.33. The molecule has 0 unspecified atom stereocenters. The van der Waals surface area contributed by atoms with Crippen LogP contribution in [0.5, 0.6) is 23.0 Å². The van der Waals surface area contributed by atoms with Crippen molar-refractivity contribution >= 4 is 33.9 Å². The van der Waals surface area contributed by atoms with E-state index in [1.54, 1.807) is 0 Å². The van der Waals surface area contributed by atoms with Crippen LogP contribution in [-0.2, 0) is 10.8 Å². The Morgan fingerprint density at radius 1 is 0.618 bits per heavy atom. The lowest BCUT2D eigenvalue weighted by molar-refractivity contribution is 0.467. The molecule has 4 aromatic rings. The predicted octanol–water partition coefficient (Wildman–Crippen LogP) is 6.47. The number of aryl methyl sites for hydroxylation is 1. The Bertz CT molecular complexity index is 1460. The molecule has 0 fully saturated rings. The van der Waals surface area contributed by atoms with Gasteiger partial charge < -0.3 is 9.47 Å². The van der Waals surface area contributed by atoms with Crippen molar-refractivity contribution in [3.05, 3.63) is 77.4 Å². The van der Waals surface area contributed by atoms with Crippen molar-refractivity contribution in [3.63, 3.8) is 0 Å². The van der Waals surface area contributed by atoms with Gasteiger partial charge in [-0.15, -0.1) is 0 Å². The minimum atomic E-state index is 0.0559. The number of hydrogen-bond acceptors (Lipinski definition) is 2. The molecule has 170 valence electrons. The second-order valence-corrected chi connectivity index (χ2v) is 12.0. The van der Waals surface area contributed by atoms with Crippen LogP contribution in [0.3, 0.4) is 0 Å². The van der Waals surface area contributed by atoms with Crippen LogP contribution in [-0.4, -0.2) is 6.71 Å². The van der Waals surface area contributed by atoms with E-state index in [2.05, 4.69) is 109 Å². The van der Waals surface area contributed by atoms with Crippen molar-refractivity contribution in [2.45, 2.75) is 59.3 Å². The summed E-state index contributed by atoms with van der Waals surface area (Å²) in [7, 11) is 0. The summed E-state index contributed by atoms with van der Waals surface area (Å²) in [5.74, 6) is 3.72. The summed E-state index contributed by atoms with van der Waals surface area (Å²) in [6, 6.07) is 22.2. The normalized spacial score (nSPS) is 14.1. The van der Waals surface area contributed by atoms with Crippen molar-refractivity contribution in [2.24, 2.45) is 0 Å². The highest BCUT2D eigenvalue weighted by Crippen LogP contribution is 2.41. The van der Waals surface area contributed by atoms with Crippen LogP contribution >= 0.6 is 0 Å². The number of hydrogen-bond donors (Lipinski definition) is 0. The van der Waals surface area contributed by atoms with E-state index in [1.165, 1.54) is 27.6 Å². The minimum Gasteiger partial charge on any atom is -0.458 e. The third-order valence-corrected chi connectivity index (χ3v) is 7.34. The molecule has 0 atom stereocenters. The highest BCUT2D eigenvalue weighted by atomic mass is 16.5. The van der Waals surface area contributed by atoms with Gasteiger partial charge in [0.05, 0.1) is 0 Å². The Balaban J connectivity index is 1.69. The van der Waals surface area contributed by atoms with Crippen molar-refractivity contribution < 1.29 is 9.47 Å². The second kappa shape index (κ2) is 6.91. The average molecular weight is 446 g/mol. The molecule has 0 spiro atoms. The Labute approximate surface area is 203 Å². The van der Waals surface area contributed by atoms with E-state index in [4.69, 9.17) is 9.47 Å². The molecule has 0 N–H and O–H groups in total. The number of benzene rings is 4. The molecule has 4 aromatic carbocycles. The van der Waals surface area contributed by atoms with E-state index >= 15 is 0 Å². The number of fused-ring (bicyclic) bond motifs is 6. The molecule has 0 aliphatic carbocycles. The Morgan fingerprint density at radius 3 is 1.79 bits per heavy atom. The third kappa shape index (κ3) is 3.17. The van der Waals surface area contributed by atoms with Gasteiger partial charge >= 0.3 is 0 Å². The van der Waals surface area contributed by atoms with Crippen LogP contribution in [0.15, 0.2) is 60.7 Å². The predicted molar refractivity (Wildman–Crippen MR) is 144 cm³/mol. The minimum absolute atomic E-state index is 0.0559. The molecule has 0 amide bonds. The Kier molecular flexibility index (Phi) is 4.34. The SMILES string of the molecule is Cc1ccc2c3c4c(cc2c1)Oc1ccc(C(C)(C)C)cc1B4c1cc(C(C)(C)C)ccc1O3. The van der Waals surface area contributed by atoms with Gasteiger partial charge in [-0.3, -0.25) is 0 Å². The van der Waals surface area contributed by atoms with E-state index in [-0.39, 0.29) is 17.5 Å². The van der Waals surface area contributed by atoms with E-state index < -0.39 is 0 Å². The second-order valence-electron chi connectivity index (χ2n) is 12.0. The molecule has 0 aromatic heterocycles. The van der Waals surface area contributed by atoms with Crippen molar-refractivity contribution in [1.82, 2.24) is 0 Å². The van der Waals surface area contributed by atoms with E-state index in [0.29, 0.717) is 0 Å². The largest absolute Gasteiger partial charge is 0.458 e. The topological polar surface area (TPSA) is 18.5 Å². The summed E-state index contributed by atoms with van der Waals surface area (Å²) in [6.45, 7) is 15.8. The molecule has 2 aliphatic rings. The van der Waals surface area contributed by atoms with E-state index in [1.807, 2.05) is 0 Å². The maximum absolute atomic E-state index is 6.68. The van der Waals surface area contributed by atoms with Crippen LogP contribution in [0, 0.1) is 6.92 Å². The van der Waals surface area contributed by atoms with Gasteiger partial charge in [-0.05, 0) is 63.4 Å². The summed E-state index contributed by atoms with van der Waals surface area (Å²) in [4.78, 5) is 0. The summed E-state index contributed by atoms with van der Waals surface area (Å²) < 4.78 is 13.3. The lowest BCUT2D eigenvalue weighted by Crippen LogP contribution is -2.57. The molecular formula is C31H31BO2. The fourth-order valence-electron chi connectivity index (χ4n) is 5.33. The van der Waals surface area contributed by atoms with Crippen LogP contribution in [0.4, 0.5) is 0 Å². The molecule has 2 nitrogen and oxygen atoms in total. The van der Waals surface area contributed by atoms with Crippen LogP contribution in [0.25, 0.3) is 10.8 Å². The van der Waals surface area contributed by atoms with Crippen LogP contribution in [0.1, 0.15) is 58.2 Å². The Morgan fingerprint density at radius 2 is 1.21 bits per heavy atom. The zero-order valence-corrected chi connectivity index (χ0v) is 21.2. The fraction of sp³-hybridized carbons (Fsp3) is 0.290. The molecule has 6 rings (SSSR count). The lowest BCUT2D eigenvalue weighted by Gasteiger charge is -2.35. The van der Waals surface area contributed by atoms with Crippen molar-refractivity contribution in [3.8, 4) is 23.0 Å². The smallest absolute Gasteiger partial charge is 0.260 e. The molecule has 0 bridgehead atoms. The molecule has 0 saturated heterocycles. The van der Waals surface area contributed by atoms with Gasteiger partial charge in [-0.1, -0.05) is 89.6 Å². The average Bonchev–Trinajstić information content (AvgIpc) is 2.76. The van der Waals surface area contributed by atoms with Gasteiger partial charge in [0.25, 0.3) is 6.71 Å². The highest BCUT2D eigenvalue weighted by Gasteiger charge is 2.42. The van der Waals surface area contributed by atoms with E-state index in [9.17, 15) is 0 Å². The van der Waals surface area contributed by atoms with Crippen molar-refractivity contribution in [1.29, 1.82) is 0 Å². The van der Waals surface area contributed by atoms with Crippen LogP contribution < -0.4 is 25.9 Å². The maximum Gasteiger partial charge on any atom is 0.260 e. The molecular weight excluding hydrogens is 415 g/mol. The standard InChI is InChI=1S/C31H31BO2/c1-18-8-11-22-19(14-18)15-27-28-29(22)34-26-13-10-21(31(5,6)7)17-24(26)32(28)23-16-20(30(2,3)4)9-12-25(23)33-27/h8-17H,1-7H3. The molecule has 0 radical (unpaired) electrons. The summed E-state index contributed by atoms with van der Waals surface area (Å²) in [5, 5.41) is 2.29. The summed E-state index contributed by atoms with van der Waals surface area (Å²) in [6.07, 6.45) is 0. The molecule has 2 heterocycles. The first-order valence-electron chi connectivity index (χ1n) is 12.2. The summed E-state index contributed by atoms with van der Waals surface area (Å²) >= 11 is 0. The number of rotatable bonds is 0. The quantitative estimate of drug-likeness (QED) is 0.249. The van der Waals surface area contributed by atoms with Gasteiger partial charge in [-0.25, -0.2) is 0 Å². The van der Waals surface area contributed by atoms with Gasteiger partial charge in [0, 0.05) is 10.8 Å². The van der Waals surface area contributed by atoms with Gasteiger partial charge in [-0.2, -0.15) is 0 Å². The summed E-state index contributed by atoms with van der Waals surface area (Å²) in [5.41, 5.74) is 7.57. The first-order valence-corrected chi connectivity index (χ1v) is 12.2. The maximum atomic E-state index is 6.68. The van der Waals surface area contributed by atoms with E-state index in [0.717, 1.165) is 39.2 Å².